The summed E-state index contributed by atoms with van der Waals surface area (Å²) in [6, 6.07) is 19.6. The Hall–Kier alpha value is -4.06. The van der Waals surface area contributed by atoms with E-state index in [0.29, 0.717) is 16.9 Å². The SMILES string of the molecule is O=C1CC(c2ccccc2)c2c(c(O)c(O)c3c(=O)cc(-c4ccccc4)oc23)O1. The summed E-state index contributed by atoms with van der Waals surface area (Å²) in [4.78, 5) is 25.2. The molecule has 0 radical (unpaired) electrons. The summed E-state index contributed by atoms with van der Waals surface area (Å²) >= 11 is 0. The predicted molar refractivity (Wildman–Crippen MR) is 110 cm³/mol. The number of hydrogen-bond donors (Lipinski definition) is 2. The van der Waals surface area contributed by atoms with Crippen molar-refractivity contribution in [2.75, 3.05) is 0 Å². The van der Waals surface area contributed by atoms with Gasteiger partial charge in [-0.05, 0) is 5.56 Å². The molecule has 2 heterocycles. The number of aromatic hydroxyl groups is 2. The van der Waals surface area contributed by atoms with E-state index in [0.717, 1.165) is 5.56 Å². The van der Waals surface area contributed by atoms with Crippen molar-refractivity contribution in [2.24, 2.45) is 0 Å². The van der Waals surface area contributed by atoms with E-state index in [1.54, 1.807) is 12.1 Å². The van der Waals surface area contributed by atoms with Crippen LogP contribution in [0.5, 0.6) is 17.2 Å². The van der Waals surface area contributed by atoms with Crippen LogP contribution in [-0.2, 0) is 4.79 Å². The molecule has 0 bridgehead atoms. The van der Waals surface area contributed by atoms with Crippen LogP contribution in [0.3, 0.4) is 0 Å². The van der Waals surface area contributed by atoms with Crippen molar-refractivity contribution in [3.63, 3.8) is 0 Å². The molecule has 1 aliphatic rings. The first-order valence-corrected chi connectivity index (χ1v) is 9.41. The van der Waals surface area contributed by atoms with Gasteiger partial charge in [0, 0.05) is 17.5 Å². The lowest BCUT2D eigenvalue weighted by Gasteiger charge is -2.26. The lowest BCUT2D eigenvalue weighted by molar-refractivity contribution is -0.135. The van der Waals surface area contributed by atoms with Gasteiger partial charge in [0.25, 0.3) is 0 Å². The number of ether oxygens (including phenoxy) is 1. The fourth-order valence-electron chi connectivity index (χ4n) is 3.92. The van der Waals surface area contributed by atoms with Crippen molar-refractivity contribution >= 4 is 16.9 Å². The molecule has 2 N–H and O–H groups in total. The topological polar surface area (TPSA) is 97.0 Å². The number of benzene rings is 3. The maximum Gasteiger partial charge on any atom is 0.312 e. The van der Waals surface area contributed by atoms with Crippen molar-refractivity contribution in [2.45, 2.75) is 12.3 Å². The van der Waals surface area contributed by atoms with Gasteiger partial charge in [-0.3, -0.25) is 9.59 Å². The van der Waals surface area contributed by atoms with Gasteiger partial charge < -0.3 is 19.4 Å². The third-order valence-electron chi connectivity index (χ3n) is 5.31. The minimum absolute atomic E-state index is 0.00953. The molecule has 1 atom stereocenters. The van der Waals surface area contributed by atoms with Gasteiger partial charge in [-0.2, -0.15) is 0 Å². The first-order chi connectivity index (χ1) is 14.5. The molecule has 0 spiro atoms. The molecule has 6 nitrogen and oxygen atoms in total. The Kier molecular flexibility index (Phi) is 4.06. The van der Waals surface area contributed by atoms with Crippen LogP contribution in [0, 0.1) is 0 Å². The molecular weight excluding hydrogens is 384 g/mol. The molecule has 3 aromatic carbocycles. The number of fused-ring (bicyclic) bond motifs is 3. The molecule has 0 fully saturated rings. The van der Waals surface area contributed by atoms with Crippen molar-refractivity contribution < 1.29 is 24.2 Å². The molecule has 4 aromatic rings. The summed E-state index contributed by atoms with van der Waals surface area (Å²) in [5.74, 6) is -2.25. The highest BCUT2D eigenvalue weighted by molar-refractivity contribution is 5.96. The average Bonchev–Trinajstić information content (AvgIpc) is 2.77. The number of carbonyl (C=O) groups is 1. The zero-order valence-corrected chi connectivity index (χ0v) is 15.7. The van der Waals surface area contributed by atoms with Crippen LogP contribution in [0.2, 0.25) is 0 Å². The molecule has 1 aromatic heterocycles. The van der Waals surface area contributed by atoms with E-state index >= 15 is 0 Å². The maximum absolute atomic E-state index is 12.9. The van der Waals surface area contributed by atoms with E-state index in [-0.39, 0.29) is 23.1 Å². The van der Waals surface area contributed by atoms with E-state index in [1.807, 2.05) is 48.5 Å². The Balaban J connectivity index is 1.89. The Morgan fingerprint density at radius 3 is 2.23 bits per heavy atom. The summed E-state index contributed by atoms with van der Waals surface area (Å²) in [5, 5.41) is 20.9. The molecular formula is C24H16O6. The van der Waals surface area contributed by atoms with Gasteiger partial charge in [0.15, 0.2) is 16.9 Å². The zero-order valence-electron chi connectivity index (χ0n) is 15.7. The molecule has 5 rings (SSSR count). The number of phenolic OH excluding ortho intramolecular Hbond substituents is 2. The third-order valence-corrected chi connectivity index (χ3v) is 5.31. The van der Waals surface area contributed by atoms with E-state index in [9.17, 15) is 19.8 Å². The lowest BCUT2D eigenvalue weighted by Crippen LogP contribution is -2.22. The quantitative estimate of drug-likeness (QED) is 0.296. The van der Waals surface area contributed by atoms with Crippen LogP contribution >= 0.6 is 0 Å². The van der Waals surface area contributed by atoms with E-state index in [4.69, 9.17) is 9.15 Å². The molecule has 0 saturated carbocycles. The van der Waals surface area contributed by atoms with Gasteiger partial charge in [-0.15, -0.1) is 0 Å². The fraction of sp³-hybridized carbons (Fsp3) is 0.0833. The number of carbonyl (C=O) groups excluding carboxylic acids is 1. The first kappa shape index (κ1) is 18.0. The molecule has 6 heteroatoms. The first-order valence-electron chi connectivity index (χ1n) is 9.41. The van der Waals surface area contributed by atoms with Gasteiger partial charge in [0.05, 0.1) is 12.0 Å². The van der Waals surface area contributed by atoms with Gasteiger partial charge in [-0.1, -0.05) is 60.7 Å². The van der Waals surface area contributed by atoms with Crippen molar-refractivity contribution in [1.82, 2.24) is 0 Å². The minimum Gasteiger partial charge on any atom is -0.504 e. The highest BCUT2D eigenvalue weighted by atomic mass is 16.5. The van der Waals surface area contributed by atoms with E-state index in [2.05, 4.69) is 0 Å². The Bertz CT molecular complexity index is 1340. The van der Waals surface area contributed by atoms with Crippen LogP contribution in [-0.4, -0.2) is 16.2 Å². The summed E-state index contributed by atoms with van der Waals surface area (Å²) in [5.41, 5.74) is 1.43. The van der Waals surface area contributed by atoms with Crippen LogP contribution in [0.4, 0.5) is 0 Å². The van der Waals surface area contributed by atoms with Crippen LogP contribution in [0.15, 0.2) is 75.9 Å². The van der Waals surface area contributed by atoms with Gasteiger partial charge >= 0.3 is 5.97 Å². The second-order valence-electron chi connectivity index (χ2n) is 7.13. The second kappa shape index (κ2) is 6.77. The second-order valence-corrected chi connectivity index (χ2v) is 7.13. The number of esters is 1. The van der Waals surface area contributed by atoms with Crippen LogP contribution in [0.25, 0.3) is 22.3 Å². The predicted octanol–water partition coefficient (Wildman–Crippen LogP) is 4.31. The standard InChI is InChI=1S/C24H16O6/c25-16-12-17(14-9-5-2-6-10-14)29-23-19-15(13-7-3-1-4-8-13)11-18(26)30-24(19)22(28)21(27)20(16)23/h1-10,12,15,27-28H,11H2. The van der Waals surface area contributed by atoms with Gasteiger partial charge in [-0.25, -0.2) is 0 Å². The van der Waals surface area contributed by atoms with Crippen LogP contribution < -0.4 is 10.2 Å². The summed E-state index contributed by atoms with van der Waals surface area (Å²) < 4.78 is 11.4. The molecule has 0 amide bonds. The van der Waals surface area contributed by atoms with E-state index in [1.165, 1.54) is 6.07 Å². The Morgan fingerprint density at radius 1 is 0.867 bits per heavy atom. The Morgan fingerprint density at radius 2 is 1.53 bits per heavy atom. The molecule has 30 heavy (non-hydrogen) atoms. The fourth-order valence-corrected chi connectivity index (χ4v) is 3.92. The maximum atomic E-state index is 12.9. The normalized spacial score (nSPS) is 15.6. The minimum atomic E-state index is -0.668. The van der Waals surface area contributed by atoms with E-state index < -0.39 is 28.8 Å². The monoisotopic (exact) mass is 400 g/mol. The van der Waals surface area contributed by atoms with Crippen molar-refractivity contribution in [1.29, 1.82) is 0 Å². The molecule has 0 aliphatic carbocycles. The summed E-state index contributed by atoms with van der Waals surface area (Å²) in [6.45, 7) is 0. The molecule has 148 valence electrons. The molecule has 1 aliphatic heterocycles. The summed E-state index contributed by atoms with van der Waals surface area (Å²) in [7, 11) is 0. The molecule has 1 unspecified atom stereocenters. The third kappa shape index (κ3) is 2.73. The van der Waals surface area contributed by atoms with Crippen molar-refractivity contribution in [3.05, 3.63) is 88.1 Å². The molecule has 0 saturated heterocycles. The smallest absolute Gasteiger partial charge is 0.312 e. The summed E-state index contributed by atoms with van der Waals surface area (Å²) in [6.07, 6.45) is 0.00953. The Labute approximate surface area is 170 Å². The van der Waals surface area contributed by atoms with Gasteiger partial charge in [0.1, 0.15) is 16.7 Å². The van der Waals surface area contributed by atoms with Gasteiger partial charge in [0.2, 0.25) is 5.75 Å². The highest BCUT2D eigenvalue weighted by Crippen LogP contribution is 2.52. The number of rotatable bonds is 2. The zero-order chi connectivity index (χ0) is 20.8. The largest absolute Gasteiger partial charge is 0.504 e. The lowest BCUT2D eigenvalue weighted by atomic mass is 9.85. The number of hydrogen-bond acceptors (Lipinski definition) is 6. The number of phenols is 2. The van der Waals surface area contributed by atoms with Crippen LogP contribution in [0.1, 0.15) is 23.5 Å². The average molecular weight is 400 g/mol. The highest BCUT2D eigenvalue weighted by Gasteiger charge is 2.36. The van der Waals surface area contributed by atoms with Crippen molar-refractivity contribution in [3.8, 4) is 28.6 Å².